The number of aromatic nitrogens is 1. The standard InChI is InChI=1S/C60H40N2S/c1-3-16-41(17-4-1)48-39-38-47(40-55(48)42-18-5-2-6-19-42)61(46-36-32-44(33-37-46)50-24-15-25-54-53-23-10-14-29-59(53)63-60(50)54)45-34-30-43(31-35-45)49-20-7-11-26-56(49)62-57-27-12-8-21-51(57)52-22-9-13-28-58(52)62/h1-40H. The number of thiophene rings is 1. The molecule has 0 spiro atoms. The predicted molar refractivity (Wildman–Crippen MR) is 270 cm³/mol. The van der Waals surface area contributed by atoms with Crippen molar-refractivity contribution in [1.82, 2.24) is 4.57 Å². The van der Waals surface area contributed by atoms with Crippen LogP contribution in [0.3, 0.4) is 0 Å². The predicted octanol–water partition coefficient (Wildman–Crippen LogP) is 17.3. The van der Waals surface area contributed by atoms with Crippen molar-refractivity contribution in [2.75, 3.05) is 4.90 Å². The zero-order valence-electron chi connectivity index (χ0n) is 34.4. The second-order valence-corrected chi connectivity index (χ2v) is 17.1. The van der Waals surface area contributed by atoms with Crippen LogP contribution in [0.4, 0.5) is 17.1 Å². The molecule has 2 aromatic heterocycles. The van der Waals surface area contributed by atoms with Gasteiger partial charge in [0.2, 0.25) is 0 Å². The van der Waals surface area contributed by atoms with Crippen molar-refractivity contribution in [3.8, 4) is 50.2 Å². The lowest BCUT2D eigenvalue weighted by Gasteiger charge is -2.27. The maximum atomic E-state index is 2.42. The Morgan fingerprint density at radius 3 is 1.44 bits per heavy atom. The third kappa shape index (κ3) is 6.41. The van der Waals surface area contributed by atoms with Gasteiger partial charge in [-0.15, -0.1) is 11.3 Å². The van der Waals surface area contributed by atoms with E-state index in [1.165, 1.54) is 80.9 Å². The van der Waals surface area contributed by atoms with Crippen LogP contribution in [-0.4, -0.2) is 4.57 Å². The van der Waals surface area contributed by atoms with E-state index in [1.54, 1.807) is 0 Å². The first-order valence-electron chi connectivity index (χ1n) is 21.5. The summed E-state index contributed by atoms with van der Waals surface area (Å²) in [5.41, 5.74) is 16.4. The fourth-order valence-electron chi connectivity index (χ4n) is 9.49. The summed E-state index contributed by atoms with van der Waals surface area (Å²) in [7, 11) is 0. The summed E-state index contributed by atoms with van der Waals surface area (Å²) >= 11 is 1.87. The van der Waals surface area contributed by atoms with Crippen LogP contribution in [0.2, 0.25) is 0 Å². The lowest BCUT2D eigenvalue weighted by atomic mass is 9.93. The van der Waals surface area contributed by atoms with E-state index in [0.29, 0.717) is 0 Å². The van der Waals surface area contributed by atoms with Gasteiger partial charge < -0.3 is 9.47 Å². The van der Waals surface area contributed by atoms with Crippen LogP contribution >= 0.6 is 11.3 Å². The lowest BCUT2D eigenvalue weighted by Crippen LogP contribution is -2.10. The van der Waals surface area contributed by atoms with E-state index >= 15 is 0 Å². The molecule has 0 fully saturated rings. The molecular weight excluding hydrogens is 781 g/mol. The number of para-hydroxylation sites is 3. The molecule has 0 saturated heterocycles. The fraction of sp³-hybridized carbons (Fsp3) is 0. The zero-order chi connectivity index (χ0) is 41.7. The molecule has 0 aliphatic rings. The van der Waals surface area contributed by atoms with Gasteiger partial charge in [0.15, 0.2) is 0 Å². The largest absolute Gasteiger partial charge is 0.310 e. The van der Waals surface area contributed by atoms with Crippen LogP contribution in [0.15, 0.2) is 243 Å². The van der Waals surface area contributed by atoms with Gasteiger partial charge in [-0.2, -0.15) is 0 Å². The summed E-state index contributed by atoms with van der Waals surface area (Å²) in [5, 5.41) is 5.14. The van der Waals surface area contributed by atoms with Crippen LogP contribution < -0.4 is 4.90 Å². The first-order chi connectivity index (χ1) is 31.3. The minimum atomic E-state index is 1.08. The van der Waals surface area contributed by atoms with Crippen LogP contribution in [0.25, 0.3) is 92.2 Å². The zero-order valence-corrected chi connectivity index (χ0v) is 35.2. The fourth-order valence-corrected chi connectivity index (χ4v) is 10.7. The first-order valence-corrected chi connectivity index (χ1v) is 22.3. The molecule has 2 heterocycles. The summed E-state index contributed by atoms with van der Waals surface area (Å²) in [4.78, 5) is 2.40. The average Bonchev–Trinajstić information content (AvgIpc) is 3.91. The average molecular weight is 821 g/mol. The minimum absolute atomic E-state index is 1.08. The highest BCUT2D eigenvalue weighted by atomic mass is 32.1. The third-order valence-corrected chi connectivity index (χ3v) is 13.7. The molecule has 0 radical (unpaired) electrons. The minimum Gasteiger partial charge on any atom is -0.310 e. The number of benzene rings is 10. The molecule has 0 saturated carbocycles. The Morgan fingerprint density at radius 2 is 0.778 bits per heavy atom. The smallest absolute Gasteiger partial charge is 0.0541 e. The maximum absolute atomic E-state index is 2.42. The molecule has 12 rings (SSSR count). The summed E-state index contributed by atoms with van der Waals surface area (Å²) in [5.74, 6) is 0. The monoisotopic (exact) mass is 820 g/mol. The maximum Gasteiger partial charge on any atom is 0.0541 e. The molecule has 0 aliphatic carbocycles. The Balaban J connectivity index is 0.999. The van der Waals surface area contributed by atoms with Gasteiger partial charge in [0.1, 0.15) is 0 Å². The highest BCUT2D eigenvalue weighted by Crippen LogP contribution is 2.44. The molecule has 0 unspecified atom stereocenters. The van der Waals surface area contributed by atoms with Crippen molar-refractivity contribution in [2.45, 2.75) is 0 Å². The molecule has 63 heavy (non-hydrogen) atoms. The van der Waals surface area contributed by atoms with Crippen LogP contribution in [0.1, 0.15) is 0 Å². The first kappa shape index (κ1) is 36.8. The topological polar surface area (TPSA) is 8.17 Å². The Labute approximate surface area is 370 Å². The van der Waals surface area contributed by atoms with Gasteiger partial charge in [-0.3, -0.25) is 0 Å². The molecule has 0 bridgehead atoms. The second kappa shape index (κ2) is 15.5. The van der Waals surface area contributed by atoms with Crippen LogP contribution in [-0.2, 0) is 0 Å². The Kier molecular flexibility index (Phi) is 9.06. The molecule has 2 nitrogen and oxygen atoms in total. The number of nitrogens with zero attached hydrogens (tertiary/aromatic N) is 2. The number of hydrogen-bond donors (Lipinski definition) is 0. The molecule has 0 aliphatic heterocycles. The van der Waals surface area contributed by atoms with Gasteiger partial charge in [0.05, 0.1) is 16.7 Å². The summed E-state index contributed by atoms with van der Waals surface area (Å²) in [6, 6.07) is 88.3. The molecule has 0 atom stereocenters. The SMILES string of the molecule is c1ccc(-c2ccc(N(c3ccc(-c4ccccc4-n4c5ccccc5c5ccccc54)cc3)c3ccc(-c4cccc5c4sc4ccccc45)cc3)cc2-c2ccccc2)cc1. The lowest BCUT2D eigenvalue weighted by molar-refractivity contribution is 1.18. The molecule has 0 N–H and O–H groups in total. The van der Waals surface area contributed by atoms with E-state index in [1.807, 2.05) is 11.3 Å². The highest BCUT2D eigenvalue weighted by molar-refractivity contribution is 7.26. The van der Waals surface area contributed by atoms with E-state index in [4.69, 9.17) is 0 Å². The Bertz CT molecular complexity index is 3550. The molecule has 3 heteroatoms. The van der Waals surface area contributed by atoms with Crippen molar-refractivity contribution in [1.29, 1.82) is 0 Å². The van der Waals surface area contributed by atoms with Gasteiger partial charge in [-0.25, -0.2) is 0 Å². The van der Waals surface area contributed by atoms with E-state index < -0.39 is 0 Å². The van der Waals surface area contributed by atoms with Crippen molar-refractivity contribution in [3.05, 3.63) is 243 Å². The van der Waals surface area contributed by atoms with Gasteiger partial charge in [-0.05, 0) is 99.6 Å². The quantitative estimate of drug-likeness (QED) is 0.148. The Hall–Kier alpha value is -7.98. The molecule has 0 amide bonds. The van der Waals surface area contributed by atoms with E-state index in [2.05, 4.69) is 252 Å². The third-order valence-electron chi connectivity index (χ3n) is 12.4. The number of anilines is 3. The van der Waals surface area contributed by atoms with E-state index in [-0.39, 0.29) is 0 Å². The summed E-state index contributed by atoms with van der Waals surface area (Å²) in [6.45, 7) is 0. The molecular formula is C60H40N2S. The number of hydrogen-bond acceptors (Lipinski definition) is 2. The van der Waals surface area contributed by atoms with Crippen molar-refractivity contribution in [3.63, 3.8) is 0 Å². The van der Waals surface area contributed by atoms with Crippen LogP contribution in [0, 0.1) is 0 Å². The van der Waals surface area contributed by atoms with Crippen molar-refractivity contribution >= 4 is 70.4 Å². The van der Waals surface area contributed by atoms with Gasteiger partial charge in [0, 0.05) is 53.6 Å². The van der Waals surface area contributed by atoms with Crippen molar-refractivity contribution in [2.24, 2.45) is 0 Å². The molecule has 296 valence electrons. The number of fused-ring (bicyclic) bond motifs is 6. The molecule has 12 aromatic rings. The van der Waals surface area contributed by atoms with Crippen LogP contribution in [0.5, 0.6) is 0 Å². The van der Waals surface area contributed by atoms with E-state index in [0.717, 1.165) is 28.3 Å². The normalized spacial score (nSPS) is 11.5. The summed E-state index contributed by atoms with van der Waals surface area (Å²) < 4.78 is 5.06. The molecule has 10 aromatic carbocycles. The van der Waals surface area contributed by atoms with Gasteiger partial charge in [-0.1, -0.05) is 182 Å². The highest BCUT2D eigenvalue weighted by Gasteiger charge is 2.19. The van der Waals surface area contributed by atoms with Gasteiger partial charge in [0.25, 0.3) is 0 Å². The van der Waals surface area contributed by atoms with Gasteiger partial charge >= 0.3 is 0 Å². The van der Waals surface area contributed by atoms with E-state index in [9.17, 15) is 0 Å². The number of rotatable bonds is 8. The summed E-state index contributed by atoms with van der Waals surface area (Å²) in [6.07, 6.45) is 0. The second-order valence-electron chi connectivity index (χ2n) is 16.1. The van der Waals surface area contributed by atoms with Crippen molar-refractivity contribution < 1.29 is 0 Å². The Morgan fingerprint density at radius 1 is 0.302 bits per heavy atom.